The maximum atomic E-state index is 16.0. The quantitative estimate of drug-likeness (QED) is 0.412. The number of benzene rings is 1. The van der Waals surface area contributed by atoms with E-state index in [2.05, 4.69) is 20.7 Å². The molecular weight excluding hydrogens is 478 g/mol. The van der Waals surface area contributed by atoms with Crippen molar-refractivity contribution in [3.63, 3.8) is 0 Å². The zero-order valence-electron chi connectivity index (χ0n) is 20.7. The summed E-state index contributed by atoms with van der Waals surface area (Å²) in [6.07, 6.45) is 9.41. The molecule has 6 rings (SSSR count). The van der Waals surface area contributed by atoms with Crippen molar-refractivity contribution in [1.29, 1.82) is 0 Å². The lowest BCUT2D eigenvalue weighted by Crippen LogP contribution is -2.37. The van der Waals surface area contributed by atoms with Crippen LogP contribution in [-0.2, 0) is 5.67 Å². The van der Waals surface area contributed by atoms with Crippen molar-refractivity contribution in [2.24, 2.45) is 0 Å². The first-order chi connectivity index (χ1) is 17.9. The van der Waals surface area contributed by atoms with Crippen molar-refractivity contribution in [3.05, 3.63) is 65.5 Å². The van der Waals surface area contributed by atoms with Gasteiger partial charge in [-0.25, -0.2) is 18.4 Å². The number of ether oxygens (including phenoxy) is 1. The SMILES string of the molecule is COc1cc2ncc(-n3cc(-c4cc(C(=O)NC5CC5)c(F)cc4C)cn3)n2cc1C1(F)CCNCC1. The molecule has 1 saturated carbocycles. The van der Waals surface area contributed by atoms with Gasteiger partial charge in [-0.05, 0) is 69.0 Å². The van der Waals surface area contributed by atoms with Gasteiger partial charge in [-0.2, -0.15) is 5.10 Å². The number of alkyl halides is 1. The normalized spacial score (nSPS) is 17.2. The monoisotopic (exact) mass is 506 g/mol. The Balaban J connectivity index is 1.39. The number of carbonyl (C=O) groups excluding carboxylic acids is 1. The van der Waals surface area contributed by atoms with E-state index in [1.807, 2.05) is 0 Å². The van der Waals surface area contributed by atoms with E-state index in [9.17, 15) is 9.18 Å². The van der Waals surface area contributed by atoms with Crippen molar-refractivity contribution in [2.75, 3.05) is 20.2 Å². The molecule has 2 aliphatic rings. The van der Waals surface area contributed by atoms with Crippen molar-refractivity contribution < 1.29 is 18.3 Å². The van der Waals surface area contributed by atoms with Gasteiger partial charge in [0.2, 0.25) is 0 Å². The van der Waals surface area contributed by atoms with Crippen LogP contribution in [0.3, 0.4) is 0 Å². The number of amides is 1. The third-order valence-electron chi connectivity index (χ3n) is 7.29. The molecule has 4 heterocycles. The Bertz CT molecular complexity index is 1500. The zero-order chi connectivity index (χ0) is 25.7. The van der Waals surface area contributed by atoms with Crippen molar-refractivity contribution in [2.45, 2.75) is 44.3 Å². The molecule has 10 heteroatoms. The van der Waals surface area contributed by atoms with Crippen molar-refractivity contribution in [3.8, 4) is 22.7 Å². The number of fused-ring (bicyclic) bond motifs is 1. The standard InChI is InChI=1S/C27H28F2N6O2/c1-16-9-22(28)20(26(36)33-18-3-4-18)10-19(16)17-12-32-35(14-17)25-13-31-24-11-23(37-2)21(15-34(24)25)27(29)5-7-30-8-6-27/h9-15,18,30H,3-8H2,1-2H3,(H,33,36). The fraction of sp³-hybridized carbons (Fsp3) is 0.370. The van der Waals surface area contributed by atoms with E-state index < -0.39 is 17.4 Å². The minimum Gasteiger partial charge on any atom is -0.496 e. The molecule has 0 unspecified atom stereocenters. The molecule has 3 aromatic heterocycles. The van der Waals surface area contributed by atoms with Gasteiger partial charge in [0.25, 0.3) is 5.91 Å². The van der Waals surface area contributed by atoms with E-state index in [1.54, 1.807) is 52.9 Å². The van der Waals surface area contributed by atoms with Crippen molar-refractivity contribution >= 4 is 11.6 Å². The first-order valence-electron chi connectivity index (χ1n) is 12.5. The highest BCUT2D eigenvalue weighted by Crippen LogP contribution is 2.41. The summed E-state index contributed by atoms with van der Waals surface area (Å²) in [5, 5.41) is 10.6. The van der Waals surface area contributed by atoms with E-state index in [0.29, 0.717) is 59.8 Å². The Morgan fingerprint density at radius 3 is 2.70 bits per heavy atom. The van der Waals surface area contributed by atoms with Gasteiger partial charge in [-0.15, -0.1) is 0 Å². The maximum Gasteiger partial charge on any atom is 0.254 e. The number of aromatic nitrogens is 4. The average molecular weight is 507 g/mol. The highest BCUT2D eigenvalue weighted by atomic mass is 19.1. The Morgan fingerprint density at radius 1 is 1.19 bits per heavy atom. The second-order valence-corrected chi connectivity index (χ2v) is 9.88. The summed E-state index contributed by atoms with van der Waals surface area (Å²) in [5.41, 5.74) is 1.71. The van der Waals surface area contributed by atoms with Crippen molar-refractivity contribution in [1.82, 2.24) is 29.8 Å². The number of methoxy groups -OCH3 is 1. The summed E-state index contributed by atoms with van der Waals surface area (Å²) < 4.78 is 39.6. The van der Waals surface area contributed by atoms with Crippen LogP contribution in [0.2, 0.25) is 0 Å². The molecule has 1 aromatic carbocycles. The van der Waals surface area contributed by atoms with Gasteiger partial charge in [-0.3, -0.25) is 9.20 Å². The van der Waals surface area contributed by atoms with Crippen LogP contribution in [0.15, 0.2) is 43.0 Å². The molecular formula is C27H28F2N6O2. The predicted molar refractivity (Wildman–Crippen MR) is 134 cm³/mol. The summed E-state index contributed by atoms with van der Waals surface area (Å²) in [7, 11) is 1.54. The van der Waals surface area contributed by atoms with Gasteiger partial charge in [0.15, 0.2) is 5.82 Å². The highest BCUT2D eigenvalue weighted by Gasteiger charge is 2.37. The lowest BCUT2D eigenvalue weighted by molar-refractivity contribution is 0.0947. The number of rotatable bonds is 6. The zero-order valence-corrected chi connectivity index (χ0v) is 20.7. The molecule has 4 aromatic rings. The molecule has 0 radical (unpaired) electrons. The molecule has 0 spiro atoms. The Labute approximate surface area is 212 Å². The summed E-state index contributed by atoms with van der Waals surface area (Å²) in [5.74, 6) is 0.131. The molecule has 0 atom stereocenters. The number of nitrogens with zero attached hydrogens (tertiary/aromatic N) is 4. The number of hydrogen-bond donors (Lipinski definition) is 2. The summed E-state index contributed by atoms with van der Waals surface area (Å²) in [6, 6.07) is 4.82. The highest BCUT2D eigenvalue weighted by molar-refractivity contribution is 5.96. The number of imidazole rings is 1. The van der Waals surface area contributed by atoms with Crippen LogP contribution in [0.1, 0.15) is 47.2 Å². The Morgan fingerprint density at radius 2 is 1.97 bits per heavy atom. The number of halogens is 2. The predicted octanol–water partition coefficient (Wildman–Crippen LogP) is 4.08. The molecule has 8 nitrogen and oxygen atoms in total. The maximum absolute atomic E-state index is 16.0. The van der Waals surface area contributed by atoms with Crippen LogP contribution in [0.25, 0.3) is 22.6 Å². The second kappa shape index (κ2) is 8.95. The summed E-state index contributed by atoms with van der Waals surface area (Å²) in [6.45, 7) is 2.98. The number of piperidine rings is 1. The van der Waals surface area contributed by atoms with E-state index in [1.165, 1.54) is 13.2 Å². The van der Waals surface area contributed by atoms with Gasteiger partial charge in [0.1, 0.15) is 22.9 Å². The van der Waals surface area contributed by atoms with Crippen LogP contribution in [-0.4, -0.2) is 51.3 Å². The second-order valence-electron chi connectivity index (χ2n) is 9.88. The Hall–Kier alpha value is -3.79. The van der Waals surface area contributed by atoms with Gasteiger partial charge < -0.3 is 15.4 Å². The number of hydrogen-bond acceptors (Lipinski definition) is 5. The van der Waals surface area contributed by atoms with Crippen LogP contribution in [0, 0.1) is 12.7 Å². The lowest BCUT2D eigenvalue weighted by atomic mass is 9.87. The third-order valence-corrected chi connectivity index (χ3v) is 7.29. The molecule has 37 heavy (non-hydrogen) atoms. The first-order valence-corrected chi connectivity index (χ1v) is 12.5. The molecule has 192 valence electrons. The molecule has 2 N–H and O–H groups in total. The van der Waals surface area contributed by atoms with E-state index >= 15 is 4.39 Å². The molecule has 1 saturated heterocycles. The minimum absolute atomic E-state index is 0.0157. The largest absolute Gasteiger partial charge is 0.496 e. The van der Waals surface area contributed by atoms with Crippen LogP contribution >= 0.6 is 0 Å². The topological polar surface area (TPSA) is 85.5 Å². The first kappa shape index (κ1) is 23.6. The smallest absolute Gasteiger partial charge is 0.254 e. The molecule has 1 aliphatic heterocycles. The van der Waals surface area contributed by atoms with Crippen LogP contribution in [0.4, 0.5) is 8.78 Å². The summed E-state index contributed by atoms with van der Waals surface area (Å²) >= 11 is 0. The molecule has 1 amide bonds. The molecule has 1 aliphatic carbocycles. The fourth-order valence-corrected chi connectivity index (χ4v) is 5.00. The Kier molecular flexibility index (Phi) is 5.71. The number of aryl methyl sites for hydroxylation is 1. The fourth-order valence-electron chi connectivity index (χ4n) is 5.00. The molecule has 0 bridgehead atoms. The van der Waals surface area contributed by atoms with Gasteiger partial charge in [0.05, 0.1) is 25.1 Å². The molecule has 2 fully saturated rings. The van der Waals surface area contributed by atoms with Gasteiger partial charge in [0, 0.05) is 35.6 Å². The number of pyridine rings is 1. The van der Waals surface area contributed by atoms with Gasteiger partial charge >= 0.3 is 0 Å². The number of nitrogens with one attached hydrogen (secondary N) is 2. The van der Waals surface area contributed by atoms with E-state index in [-0.39, 0.29) is 11.6 Å². The lowest BCUT2D eigenvalue weighted by Gasteiger charge is -2.31. The minimum atomic E-state index is -1.51. The number of carbonyl (C=O) groups is 1. The van der Waals surface area contributed by atoms with Gasteiger partial charge in [-0.1, -0.05) is 0 Å². The third kappa shape index (κ3) is 4.25. The van der Waals surface area contributed by atoms with E-state index in [4.69, 9.17) is 4.74 Å². The van der Waals surface area contributed by atoms with Crippen LogP contribution < -0.4 is 15.4 Å². The van der Waals surface area contributed by atoms with E-state index in [0.717, 1.165) is 18.4 Å². The average Bonchev–Trinajstić information content (AvgIpc) is 3.40. The van der Waals surface area contributed by atoms with Crippen LogP contribution in [0.5, 0.6) is 5.75 Å². The summed E-state index contributed by atoms with van der Waals surface area (Å²) in [4.78, 5) is 17.0.